The Morgan fingerprint density at radius 1 is 1.33 bits per heavy atom. The van der Waals surface area contributed by atoms with Crippen molar-refractivity contribution in [1.29, 1.82) is 0 Å². The van der Waals surface area contributed by atoms with Gasteiger partial charge >= 0.3 is 0 Å². The van der Waals surface area contributed by atoms with Crippen LogP contribution in [0.15, 0.2) is 12.2 Å². The Kier molecular flexibility index (Phi) is 7.11. The van der Waals surface area contributed by atoms with Crippen LogP contribution in [0.4, 0.5) is 0 Å². The second-order valence-corrected chi connectivity index (χ2v) is 3.33. The minimum absolute atomic E-state index is 0.299. The average Bonchev–Trinajstić information content (AvgIpc) is 2.05. The lowest BCUT2D eigenvalue weighted by Crippen LogP contribution is -2.26. The van der Waals surface area contributed by atoms with E-state index in [-0.39, 0.29) is 0 Å². The fourth-order valence-electron chi connectivity index (χ4n) is 1.23. The van der Waals surface area contributed by atoms with Crippen LogP contribution in [0.5, 0.6) is 0 Å². The lowest BCUT2D eigenvalue weighted by molar-refractivity contribution is 0.481. The van der Waals surface area contributed by atoms with Crippen molar-refractivity contribution in [3.8, 4) is 0 Å². The molecule has 2 heteroatoms. The predicted octanol–water partition coefficient (Wildman–Crippen LogP) is 1.65. The van der Waals surface area contributed by atoms with E-state index >= 15 is 0 Å². The van der Waals surface area contributed by atoms with E-state index in [1.54, 1.807) is 0 Å². The zero-order valence-corrected chi connectivity index (χ0v) is 8.29. The maximum atomic E-state index is 5.95. The van der Waals surface area contributed by atoms with Gasteiger partial charge in [0.1, 0.15) is 0 Å². The van der Waals surface area contributed by atoms with Gasteiger partial charge in [-0.05, 0) is 32.2 Å². The van der Waals surface area contributed by atoms with Crippen LogP contribution in [-0.2, 0) is 0 Å². The van der Waals surface area contributed by atoms with Gasteiger partial charge in [-0.15, -0.1) is 0 Å². The molecule has 0 aromatic carbocycles. The lowest BCUT2D eigenvalue weighted by atomic mass is 9.97. The fourth-order valence-corrected chi connectivity index (χ4v) is 1.23. The summed E-state index contributed by atoms with van der Waals surface area (Å²) in [7, 11) is 0. The molecule has 0 aliphatic rings. The van der Waals surface area contributed by atoms with Crippen molar-refractivity contribution in [3.05, 3.63) is 12.2 Å². The SMILES string of the molecule is CC=CC(C)C(N)CCCCN. The number of nitrogens with two attached hydrogens (primary N) is 2. The molecule has 0 fully saturated rings. The van der Waals surface area contributed by atoms with E-state index in [4.69, 9.17) is 11.5 Å². The molecule has 0 radical (unpaired) electrons. The van der Waals surface area contributed by atoms with Gasteiger partial charge in [0.15, 0.2) is 0 Å². The summed E-state index contributed by atoms with van der Waals surface area (Å²) in [5.41, 5.74) is 11.3. The highest BCUT2D eigenvalue weighted by Gasteiger charge is 2.07. The van der Waals surface area contributed by atoms with Gasteiger partial charge in [0, 0.05) is 6.04 Å². The summed E-state index contributed by atoms with van der Waals surface area (Å²) in [5, 5.41) is 0. The van der Waals surface area contributed by atoms with E-state index in [1.165, 1.54) is 0 Å². The van der Waals surface area contributed by atoms with E-state index in [0.29, 0.717) is 12.0 Å². The number of hydrogen-bond acceptors (Lipinski definition) is 2. The molecule has 0 heterocycles. The molecule has 2 nitrogen and oxygen atoms in total. The van der Waals surface area contributed by atoms with Crippen LogP contribution in [-0.4, -0.2) is 12.6 Å². The molecule has 0 bridgehead atoms. The molecule has 0 amide bonds. The van der Waals surface area contributed by atoms with Crippen LogP contribution in [0, 0.1) is 5.92 Å². The van der Waals surface area contributed by atoms with E-state index in [9.17, 15) is 0 Å². The molecule has 2 unspecified atom stereocenters. The van der Waals surface area contributed by atoms with Crippen LogP contribution in [0.25, 0.3) is 0 Å². The van der Waals surface area contributed by atoms with Gasteiger partial charge in [-0.1, -0.05) is 25.5 Å². The minimum atomic E-state index is 0.299. The first-order valence-corrected chi connectivity index (χ1v) is 4.80. The smallest absolute Gasteiger partial charge is 0.00992 e. The molecule has 72 valence electrons. The summed E-state index contributed by atoms with van der Waals surface area (Å²) in [4.78, 5) is 0. The Hall–Kier alpha value is -0.340. The van der Waals surface area contributed by atoms with Gasteiger partial charge in [0.25, 0.3) is 0 Å². The van der Waals surface area contributed by atoms with Gasteiger partial charge in [-0.2, -0.15) is 0 Å². The van der Waals surface area contributed by atoms with Crippen molar-refractivity contribution in [2.24, 2.45) is 17.4 Å². The standard InChI is InChI=1S/C10H22N2/c1-3-6-9(2)10(12)7-4-5-8-11/h3,6,9-10H,4-5,7-8,11-12H2,1-2H3. The maximum absolute atomic E-state index is 5.95. The molecule has 12 heavy (non-hydrogen) atoms. The number of rotatable bonds is 6. The second-order valence-electron chi connectivity index (χ2n) is 3.33. The van der Waals surface area contributed by atoms with Crippen molar-refractivity contribution in [1.82, 2.24) is 0 Å². The van der Waals surface area contributed by atoms with Crippen LogP contribution in [0.3, 0.4) is 0 Å². The second kappa shape index (κ2) is 7.32. The molecular weight excluding hydrogens is 148 g/mol. The summed E-state index contributed by atoms with van der Waals surface area (Å²) in [6, 6.07) is 0.299. The third kappa shape index (κ3) is 5.33. The molecule has 0 rings (SSSR count). The van der Waals surface area contributed by atoms with Crippen molar-refractivity contribution >= 4 is 0 Å². The molecule has 4 N–H and O–H groups in total. The highest BCUT2D eigenvalue weighted by atomic mass is 14.6. The van der Waals surface area contributed by atoms with Crippen LogP contribution < -0.4 is 11.5 Å². The highest BCUT2D eigenvalue weighted by molar-refractivity contribution is 4.88. The molecule has 0 saturated heterocycles. The van der Waals surface area contributed by atoms with E-state index in [0.717, 1.165) is 25.8 Å². The van der Waals surface area contributed by atoms with Crippen LogP contribution in [0.1, 0.15) is 33.1 Å². The molecule has 0 saturated carbocycles. The Balaban J connectivity index is 3.49. The van der Waals surface area contributed by atoms with Crippen LogP contribution in [0.2, 0.25) is 0 Å². The average molecular weight is 170 g/mol. The normalized spacial score (nSPS) is 16.7. The topological polar surface area (TPSA) is 52.0 Å². The van der Waals surface area contributed by atoms with Crippen molar-refractivity contribution in [2.45, 2.75) is 39.2 Å². The van der Waals surface area contributed by atoms with E-state index in [1.807, 2.05) is 6.92 Å². The molecule has 0 aliphatic heterocycles. The summed E-state index contributed by atoms with van der Waals surface area (Å²) in [6.45, 7) is 4.97. The van der Waals surface area contributed by atoms with Gasteiger partial charge < -0.3 is 11.5 Å². The van der Waals surface area contributed by atoms with E-state index < -0.39 is 0 Å². The zero-order chi connectivity index (χ0) is 9.40. The molecule has 0 aliphatic carbocycles. The third-order valence-corrected chi connectivity index (χ3v) is 2.16. The third-order valence-electron chi connectivity index (χ3n) is 2.16. The van der Waals surface area contributed by atoms with Gasteiger partial charge in [-0.25, -0.2) is 0 Å². The monoisotopic (exact) mass is 170 g/mol. The fraction of sp³-hybridized carbons (Fsp3) is 0.800. The largest absolute Gasteiger partial charge is 0.330 e. The molecule has 0 aromatic rings. The minimum Gasteiger partial charge on any atom is -0.330 e. The summed E-state index contributed by atoms with van der Waals surface area (Å²) >= 11 is 0. The van der Waals surface area contributed by atoms with Gasteiger partial charge in [0.05, 0.1) is 0 Å². The number of allylic oxidation sites excluding steroid dienone is 1. The van der Waals surface area contributed by atoms with Gasteiger partial charge in [-0.3, -0.25) is 0 Å². The molecular formula is C10H22N2. The maximum Gasteiger partial charge on any atom is 0.00992 e. The number of unbranched alkanes of at least 4 members (excludes halogenated alkanes) is 1. The quantitative estimate of drug-likeness (QED) is 0.470. The summed E-state index contributed by atoms with van der Waals surface area (Å²) in [5.74, 6) is 0.493. The van der Waals surface area contributed by atoms with Crippen LogP contribution >= 0.6 is 0 Å². The molecule has 2 atom stereocenters. The molecule has 0 spiro atoms. The van der Waals surface area contributed by atoms with Crippen molar-refractivity contribution in [2.75, 3.05) is 6.54 Å². The zero-order valence-electron chi connectivity index (χ0n) is 8.29. The first kappa shape index (κ1) is 11.7. The molecule has 0 aromatic heterocycles. The Bertz CT molecular complexity index is 121. The first-order valence-electron chi connectivity index (χ1n) is 4.80. The highest BCUT2D eigenvalue weighted by Crippen LogP contribution is 2.09. The van der Waals surface area contributed by atoms with E-state index in [2.05, 4.69) is 19.1 Å². The Morgan fingerprint density at radius 3 is 2.50 bits per heavy atom. The Morgan fingerprint density at radius 2 is 2.00 bits per heavy atom. The lowest BCUT2D eigenvalue weighted by Gasteiger charge is -2.15. The summed E-state index contributed by atoms with van der Waals surface area (Å²) in [6.07, 6.45) is 7.55. The predicted molar refractivity (Wildman–Crippen MR) is 54.9 cm³/mol. The van der Waals surface area contributed by atoms with Crippen molar-refractivity contribution < 1.29 is 0 Å². The first-order chi connectivity index (χ1) is 5.72. The van der Waals surface area contributed by atoms with Gasteiger partial charge in [0.2, 0.25) is 0 Å². The number of hydrogen-bond donors (Lipinski definition) is 2. The van der Waals surface area contributed by atoms with Crippen molar-refractivity contribution in [3.63, 3.8) is 0 Å². The Labute approximate surface area is 76.0 Å². The summed E-state index contributed by atoms with van der Waals surface area (Å²) < 4.78 is 0.